The fourth-order valence-corrected chi connectivity index (χ4v) is 3.76. The zero-order chi connectivity index (χ0) is 14.1. The van der Waals surface area contributed by atoms with Crippen molar-refractivity contribution in [1.82, 2.24) is 25.5 Å². The summed E-state index contributed by atoms with van der Waals surface area (Å²) in [4.78, 5) is 11.1. The molecule has 1 saturated carbocycles. The van der Waals surface area contributed by atoms with Gasteiger partial charge >= 0.3 is 5.97 Å². The monoisotopic (exact) mass is 297 g/mol. The van der Waals surface area contributed by atoms with E-state index in [2.05, 4.69) is 20.8 Å². The highest BCUT2D eigenvalue weighted by molar-refractivity contribution is 7.71. The molecule has 3 rings (SSSR count). The predicted molar refractivity (Wildman–Crippen MR) is 73.6 cm³/mol. The number of aromatic amines is 1. The molecule has 2 fully saturated rings. The van der Waals surface area contributed by atoms with Crippen LogP contribution in [0.2, 0.25) is 0 Å². The van der Waals surface area contributed by atoms with E-state index in [0.717, 1.165) is 38.8 Å². The molecule has 0 unspecified atom stereocenters. The molecule has 7 nitrogen and oxygen atoms in total. The molecule has 110 valence electrons. The van der Waals surface area contributed by atoms with Gasteiger partial charge in [-0.1, -0.05) is 10.3 Å². The van der Waals surface area contributed by atoms with Crippen LogP contribution in [0, 0.1) is 22.5 Å². The highest BCUT2D eigenvalue weighted by atomic mass is 32.1. The Kier molecular flexibility index (Phi) is 3.84. The Balaban J connectivity index is 1.62. The number of hydrogen-bond acceptors (Lipinski definition) is 5. The lowest BCUT2D eigenvalue weighted by Crippen LogP contribution is -2.49. The van der Waals surface area contributed by atoms with Gasteiger partial charge in [0.05, 0.1) is 0 Å². The Labute approximate surface area is 121 Å². The molecule has 4 atom stereocenters. The maximum absolute atomic E-state index is 11.1. The number of hydrogen-bond donors (Lipinski definition) is 3. The minimum absolute atomic E-state index is 0.383. The molecule has 0 bridgehead atoms. The molecule has 1 aliphatic carbocycles. The molecule has 1 aliphatic heterocycles. The standard InChI is InChI=1S/C12H19N5O2S/c18-11(19)10-4-9-3-7(1-2-8(9)5-13-10)6-17-12(20)14-15-16-17/h7-10,13H,1-6H2,(H,18,19)(H,14,16,20)/t7-,8-,9+,10-/m1/s1. The van der Waals surface area contributed by atoms with Crippen molar-refractivity contribution >= 4 is 18.2 Å². The van der Waals surface area contributed by atoms with E-state index in [-0.39, 0.29) is 6.04 Å². The summed E-state index contributed by atoms with van der Waals surface area (Å²) in [6.07, 6.45) is 4.12. The molecule has 2 aliphatic rings. The zero-order valence-electron chi connectivity index (χ0n) is 11.2. The Morgan fingerprint density at radius 3 is 2.95 bits per heavy atom. The first-order chi connectivity index (χ1) is 9.63. The van der Waals surface area contributed by atoms with E-state index >= 15 is 0 Å². The van der Waals surface area contributed by atoms with Crippen molar-refractivity contribution in [2.45, 2.75) is 38.3 Å². The average molecular weight is 297 g/mol. The van der Waals surface area contributed by atoms with Crippen LogP contribution >= 0.6 is 12.2 Å². The minimum Gasteiger partial charge on any atom is -0.480 e. The summed E-state index contributed by atoms with van der Waals surface area (Å²) in [5.74, 6) is 0.916. The first-order valence-electron chi connectivity index (χ1n) is 7.07. The molecule has 1 aromatic rings. The van der Waals surface area contributed by atoms with Crippen molar-refractivity contribution in [2.75, 3.05) is 6.54 Å². The number of aromatic nitrogens is 4. The SMILES string of the molecule is O=C(O)[C@H]1C[C@@H]2C[C@H](Cn3[nH]nnc3=S)CC[C@@H]2CN1. The number of tetrazole rings is 1. The maximum Gasteiger partial charge on any atom is 0.320 e. The lowest BCUT2D eigenvalue weighted by molar-refractivity contribution is -0.141. The van der Waals surface area contributed by atoms with Gasteiger partial charge in [-0.15, -0.1) is 0 Å². The Morgan fingerprint density at radius 1 is 1.40 bits per heavy atom. The predicted octanol–water partition coefficient (Wildman–Crippen LogP) is 0.815. The van der Waals surface area contributed by atoms with Crippen molar-refractivity contribution in [1.29, 1.82) is 0 Å². The van der Waals surface area contributed by atoms with E-state index < -0.39 is 5.97 Å². The second-order valence-corrected chi connectivity index (χ2v) is 6.29. The third-order valence-electron chi connectivity index (χ3n) is 4.68. The summed E-state index contributed by atoms with van der Waals surface area (Å²) in [6, 6.07) is -0.383. The number of carboxylic acid groups (broad SMARTS) is 1. The topological polar surface area (TPSA) is 95.8 Å². The second-order valence-electron chi connectivity index (χ2n) is 5.93. The molecule has 1 saturated heterocycles. The van der Waals surface area contributed by atoms with Gasteiger partial charge in [0.1, 0.15) is 6.04 Å². The summed E-state index contributed by atoms with van der Waals surface area (Å²) in [7, 11) is 0. The fourth-order valence-electron chi connectivity index (χ4n) is 3.61. The highest BCUT2D eigenvalue weighted by Gasteiger charge is 2.37. The normalized spacial score (nSPS) is 33.6. The van der Waals surface area contributed by atoms with Gasteiger partial charge in [-0.2, -0.15) is 5.21 Å². The van der Waals surface area contributed by atoms with Gasteiger partial charge < -0.3 is 10.4 Å². The van der Waals surface area contributed by atoms with E-state index in [1.165, 1.54) is 0 Å². The van der Waals surface area contributed by atoms with Crippen LogP contribution in [-0.2, 0) is 11.3 Å². The van der Waals surface area contributed by atoms with Crippen molar-refractivity contribution in [3.63, 3.8) is 0 Å². The summed E-state index contributed by atoms with van der Waals surface area (Å²) >= 11 is 5.09. The van der Waals surface area contributed by atoms with Crippen LogP contribution in [-0.4, -0.2) is 43.9 Å². The molecule has 0 aromatic carbocycles. The number of fused-ring (bicyclic) bond motifs is 1. The average Bonchev–Trinajstić information content (AvgIpc) is 2.83. The first-order valence-corrected chi connectivity index (χ1v) is 7.48. The number of carboxylic acids is 1. The van der Waals surface area contributed by atoms with Gasteiger partial charge in [-0.3, -0.25) is 4.79 Å². The largest absolute Gasteiger partial charge is 0.480 e. The van der Waals surface area contributed by atoms with Crippen LogP contribution in [0.1, 0.15) is 25.7 Å². The number of piperidine rings is 1. The maximum atomic E-state index is 11.1. The van der Waals surface area contributed by atoms with E-state index in [9.17, 15) is 4.79 Å². The van der Waals surface area contributed by atoms with Crippen LogP contribution < -0.4 is 5.32 Å². The van der Waals surface area contributed by atoms with Crippen molar-refractivity contribution < 1.29 is 9.90 Å². The molecule has 8 heteroatoms. The molecule has 1 aromatic heterocycles. The third kappa shape index (κ3) is 2.76. The van der Waals surface area contributed by atoms with Crippen LogP contribution in [0.15, 0.2) is 0 Å². The lowest BCUT2D eigenvalue weighted by Gasteiger charge is -2.41. The van der Waals surface area contributed by atoms with Gasteiger partial charge in [0.25, 0.3) is 0 Å². The van der Waals surface area contributed by atoms with E-state index in [4.69, 9.17) is 17.3 Å². The summed E-state index contributed by atoms with van der Waals surface area (Å²) < 4.78 is 2.29. The number of carbonyl (C=O) groups is 1. The third-order valence-corrected chi connectivity index (χ3v) is 4.99. The van der Waals surface area contributed by atoms with Gasteiger partial charge in [-0.25, -0.2) is 4.68 Å². The molecule has 0 amide bonds. The first kappa shape index (κ1) is 13.7. The highest BCUT2D eigenvalue weighted by Crippen LogP contribution is 2.39. The fraction of sp³-hybridized carbons (Fsp3) is 0.833. The molecular formula is C12H19N5O2S. The second kappa shape index (κ2) is 5.61. The van der Waals surface area contributed by atoms with Crippen molar-refractivity contribution in [2.24, 2.45) is 17.8 Å². The Bertz CT molecular complexity index is 542. The van der Waals surface area contributed by atoms with E-state index in [1.54, 1.807) is 4.68 Å². The molecule has 0 radical (unpaired) electrons. The van der Waals surface area contributed by atoms with Crippen molar-refractivity contribution in [3.05, 3.63) is 4.77 Å². The molecule has 0 spiro atoms. The minimum atomic E-state index is -0.731. The van der Waals surface area contributed by atoms with Gasteiger partial charge in [0, 0.05) is 6.54 Å². The summed E-state index contributed by atoms with van der Waals surface area (Å²) in [5, 5.41) is 22.6. The summed E-state index contributed by atoms with van der Waals surface area (Å²) in [5.41, 5.74) is 0. The number of H-pyrrole nitrogens is 1. The van der Waals surface area contributed by atoms with Crippen LogP contribution in [0.5, 0.6) is 0 Å². The Morgan fingerprint density at radius 2 is 2.25 bits per heavy atom. The molecule has 20 heavy (non-hydrogen) atoms. The van der Waals surface area contributed by atoms with Crippen LogP contribution in [0.25, 0.3) is 0 Å². The number of aliphatic carboxylic acids is 1. The van der Waals surface area contributed by atoms with Crippen molar-refractivity contribution in [3.8, 4) is 0 Å². The number of rotatable bonds is 3. The van der Waals surface area contributed by atoms with E-state index in [0.29, 0.717) is 22.5 Å². The summed E-state index contributed by atoms with van der Waals surface area (Å²) in [6.45, 7) is 1.64. The zero-order valence-corrected chi connectivity index (χ0v) is 12.0. The van der Waals surface area contributed by atoms with Gasteiger partial charge in [-0.05, 0) is 62.2 Å². The molecule has 3 N–H and O–H groups in total. The molecular weight excluding hydrogens is 278 g/mol. The Hall–Kier alpha value is -1.28. The molecule has 2 heterocycles. The van der Waals surface area contributed by atoms with Gasteiger partial charge in [0.15, 0.2) is 0 Å². The number of nitrogens with one attached hydrogen (secondary N) is 2. The van der Waals surface area contributed by atoms with Gasteiger partial charge in [0.2, 0.25) is 4.77 Å². The van der Waals surface area contributed by atoms with E-state index in [1.807, 2.05) is 0 Å². The van der Waals surface area contributed by atoms with Crippen LogP contribution in [0.3, 0.4) is 0 Å². The quantitative estimate of drug-likeness (QED) is 0.715. The van der Waals surface area contributed by atoms with Crippen LogP contribution in [0.4, 0.5) is 0 Å². The number of nitrogens with zero attached hydrogens (tertiary/aromatic N) is 3. The smallest absolute Gasteiger partial charge is 0.320 e. The lowest BCUT2D eigenvalue weighted by atomic mass is 9.69.